The van der Waals surface area contributed by atoms with Gasteiger partial charge in [0.05, 0.1) is 6.04 Å². The van der Waals surface area contributed by atoms with Crippen LogP contribution in [0, 0.1) is 5.92 Å². The Morgan fingerprint density at radius 1 is 1.45 bits per heavy atom. The number of hydrogen-bond acceptors (Lipinski definition) is 4. The molecule has 62 valence electrons. The van der Waals surface area contributed by atoms with Crippen molar-refractivity contribution in [3.63, 3.8) is 0 Å². The van der Waals surface area contributed by atoms with Crippen molar-refractivity contribution < 1.29 is 0 Å². The second-order valence-corrected chi connectivity index (χ2v) is 2.93. The standard InChI is InChI=1S/C6H13N5/c1-4(2)5(7)6-8-9-10-11(6)3/h4-5H,7H2,1-3H3. The van der Waals surface area contributed by atoms with Crippen LogP contribution in [0.15, 0.2) is 0 Å². The van der Waals surface area contributed by atoms with Crippen LogP contribution in [0.1, 0.15) is 25.7 Å². The average Bonchev–Trinajstić information content (AvgIpc) is 2.33. The summed E-state index contributed by atoms with van der Waals surface area (Å²) in [6.45, 7) is 4.08. The Bertz CT molecular complexity index is 229. The minimum absolute atomic E-state index is 0.0741. The first-order valence-electron chi connectivity index (χ1n) is 3.60. The van der Waals surface area contributed by atoms with Gasteiger partial charge in [-0.2, -0.15) is 0 Å². The second kappa shape index (κ2) is 2.96. The molecule has 5 nitrogen and oxygen atoms in total. The quantitative estimate of drug-likeness (QED) is 0.645. The zero-order valence-corrected chi connectivity index (χ0v) is 7.02. The van der Waals surface area contributed by atoms with Gasteiger partial charge in [-0.25, -0.2) is 4.68 Å². The van der Waals surface area contributed by atoms with Crippen molar-refractivity contribution in [1.82, 2.24) is 20.2 Å². The maximum absolute atomic E-state index is 5.82. The predicted octanol–water partition coefficient (Wildman–Crippen LogP) is -0.134. The summed E-state index contributed by atoms with van der Waals surface area (Å²) in [4.78, 5) is 0. The van der Waals surface area contributed by atoms with Gasteiger partial charge in [0, 0.05) is 7.05 Å². The molecule has 0 radical (unpaired) electrons. The minimum Gasteiger partial charge on any atom is -0.321 e. The summed E-state index contributed by atoms with van der Waals surface area (Å²) in [6.07, 6.45) is 0. The summed E-state index contributed by atoms with van der Waals surface area (Å²) >= 11 is 0. The van der Waals surface area contributed by atoms with E-state index in [-0.39, 0.29) is 6.04 Å². The molecule has 0 aliphatic rings. The molecule has 0 spiro atoms. The average molecular weight is 155 g/mol. The van der Waals surface area contributed by atoms with E-state index in [1.54, 1.807) is 11.7 Å². The van der Waals surface area contributed by atoms with Gasteiger partial charge >= 0.3 is 0 Å². The molecule has 0 aromatic carbocycles. The monoisotopic (exact) mass is 155 g/mol. The van der Waals surface area contributed by atoms with Crippen LogP contribution in [0.3, 0.4) is 0 Å². The predicted molar refractivity (Wildman–Crippen MR) is 40.6 cm³/mol. The lowest BCUT2D eigenvalue weighted by atomic mass is 10.1. The summed E-state index contributed by atoms with van der Waals surface area (Å²) in [5, 5.41) is 11.0. The van der Waals surface area contributed by atoms with Gasteiger partial charge < -0.3 is 5.73 Å². The maximum atomic E-state index is 5.82. The molecular formula is C6H13N5. The molecule has 1 unspecified atom stereocenters. The van der Waals surface area contributed by atoms with E-state index in [0.717, 1.165) is 5.82 Å². The third-order valence-electron chi connectivity index (χ3n) is 1.67. The first-order chi connectivity index (χ1) is 5.13. The Morgan fingerprint density at radius 3 is 2.45 bits per heavy atom. The van der Waals surface area contributed by atoms with Gasteiger partial charge in [0.25, 0.3) is 0 Å². The molecule has 2 N–H and O–H groups in total. The van der Waals surface area contributed by atoms with E-state index in [4.69, 9.17) is 5.73 Å². The van der Waals surface area contributed by atoms with Crippen LogP contribution in [0.2, 0.25) is 0 Å². The number of tetrazole rings is 1. The van der Waals surface area contributed by atoms with Crippen LogP contribution >= 0.6 is 0 Å². The Labute approximate surface area is 65.6 Å². The first kappa shape index (κ1) is 8.13. The number of hydrogen-bond donors (Lipinski definition) is 1. The van der Waals surface area contributed by atoms with Crippen LogP contribution < -0.4 is 5.73 Å². The van der Waals surface area contributed by atoms with Gasteiger partial charge in [-0.05, 0) is 16.3 Å². The van der Waals surface area contributed by atoms with Crippen LogP contribution in [0.25, 0.3) is 0 Å². The fourth-order valence-corrected chi connectivity index (χ4v) is 0.817. The molecular weight excluding hydrogens is 142 g/mol. The van der Waals surface area contributed by atoms with Gasteiger partial charge in [-0.15, -0.1) is 5.10 Å². The molecule has 0 aliphatic heterocycles. The summed E-state index contributed by atoms with van der Waals surface area (Å²) in [7, 11) is 1.79. The number of rotatable bonds is 2. The molecule has 0 amide bonds. The van der Waals surface area contributed by atoms with E-state index in [2.05, 4.69) is 15.5 Å². The van der Waals surface area contributed by atoms with E-state index in [1.807, 2.05) is 13.8 Å². The van der Waals surface area contributed by atoms with Crippen molar-refractivity contribution >= 4 is 0 Å². The molecule has 0 saturated carbocycles. The largest absolute Gasteiger partial charge is 0.321 e. The normalized spacial score (nSPS) is 13.9. The maximum Gasteiger partial charge on any atom is 0.167 e. The molecule has 11 heavy (non-hydrogen) atoms. The molecule has 1 aromatic heterocycles. The van der Waals surface area contributed by atoms with Gasteiger partial charge in [0.1, 0.15) is 0 Å². The summed E-state index contributed by atoms with van der Waals surface area (Å²) in [6, 6.07) is -0.0741. The van der Waals surface area contributed by atoms with Gasteiger partial charge in [0.15, 0.2) is 5.82 Å². The van der Waals surface area contributed by atoms with Crippen molar-refractivity contribution in [2.45, 2.75) is 19.9 Å². The number of aromatic nitrogens is 4. The van der Waals surface area contributed by atoms with E-state index in [1.165, 1.54) is 0 Å². The molecule has 1 atom stereocenters. The smallest absolute Gasteiger partial charge is 0.167 e. The van der Waals surface area contributed by atoms with E-state index < -0.39 is 0 Å². The third kappa shape index (κ3) is 1.54. The van der Waals surface area contributed by atoms with Crippen molar-refractivity contribution in [2.75, 3.05) is 0 Å². The second-order valence-electron chi connectivity index (χ2n) is 2.93. The Kier molecular flexibility index (Phi) is 2.19. The molecule has 1 heterocycles. The lowest BCUT2D eigenvalue weighted by Gasteiger charge is -2.12. The van der Waals surface area contributed by atoms with Crippen LogP contribution in [-0.4, -0.2) is 20.2 Å². The first-order valence-corrected chi connectivity index (χ1v) is 3.60. The number of aryl methyl sites for hydroxylation is 1. The van der Waals surface area contributed by atoms with Crippen LogP contribution in [-0.2, 0) is 7.05 Å². The van der Waals surface area contributed by atoms with Gasteiger partial charge in [-0.3, -0.25) is 0 Å². The van der Waals surface area contributed by atoms with Crippen molar-refractivity contribution in [3.8, 4) is 0 Å². The van der Waals surface area contributed by atoms with Crippen molar-refractivity contribution in [1.29, 1.82) is 0 Å². The molecule has 1 aromatic rings. The lowest BCUT2D eigenvalue weighted by molar-refractivity contribution is 0.469. The van der Waals surface area contributed by atoms with Gasteiger partial charge in [-0.1, -0.05) is 13.8 Å². The summed E-state index contributed by atoms with van der Waals surface area (Å²) in [5.41, 5.74) is 5.82. The lowest BCUT2D eigenvalue weighted by Crippen LogP contribution is -2.20. The number of nitrogens with two attached hydrogens (primary N) is 1. The summed E-state index contributed by atoms with van der Waals surface area (Å²) < 4.78 is 1.60. The highest BCUT2D eigenvalue weighted by Crippen LogP contribution is 2.13. The topological polar surface area (TPSA) is 69.6 Å². The molecule has 0 fully saturated rings. The third-order valence-corrected chi connectivity index (χ3v) is 1.67. The van der Waals surface area contributed by atoms with E-state index >= 15 is 0 Å². The van der Waals surface area contributed by atoms with Crippen LogP contribution in [0.4, 0.5) is 0 Å². The van der Waals surface area contributed by atoms with Crippen molar-refractivity contribution in [2.24, 2.45) is 18.7 Å². The zero-order chi connectivity index (χ0) is 8.43. The fourth-order valence-electron chi connectivity index (χ4n) is 0.817. The molecule has 0 bridgehead atoms. The Morgan fingerprint density at radius 2 is 2.09 bits per heavy atom. The van der Waals surface area contributed by atoms with Gasteiger partial charge in [0.2, 0.25) is 0 Å². The Balaban J connectivity index is 2.84. The molecule has 0 aliphatic carbocycles. The Hall–Kier alpha value is -0.970. The highest BCUT2D eigenvalue weighted by atomic mass is 15.5. The molecule has 5 heteroatoms. The van der Waals surface area contributed by atoms with E-state index in [0.29, 0.717) is 5.92 Å². The fraction of sp³-hybridized carbons (Fsp3) is 0.833. The van der Waals surface area contributed by atoms with Crippen molar-refractivity contribution in [3.05, 3.63) is 5.82 Å². The van der Waals surface area contributed by atoms with Crippen LogP contribution in [0.5, 0.6) is 0 Å². The molecule has 0 saturated heterocycles. The molecule has 1 rings (SSSR count). The highest BCUT2D eigenvalue weighted by Gasteiger charge is 2.15. The zero-order valence-electron chi connectivity index (χ0n) is 7.02. The number of nitrogens with zero attached hydrogens (tertiary/aromatic N) is 4. The van der Waals surface area contributed by atoms with E-state index in [9.17, 15) is 0 Å². The minimum atomic E-state index is -0.0741. The summed E-state index contributed by atoms with van der Waals surface area (Å²) in [5.74, 6) is 1.10. The SMILES string of the molecule is CC(C)C(N)c1nnnn1C. The highest BCUT2D eigenvalue weighted by molar-refractivity contribution is 4.90.